The number of ether oxygens (including phenoxy) is 1. The summed E-state index contributed by atoms with van der Waals surface area (Å²) in [5.41, 5.74) is 11.0. The van der Waals surface area contributed by atoms with Crippen molar-refractivity contribution in [3.8, 4) is 11.4 Å². The highest BCUT2D eigenvalue weighted by atomic mass is 35.5. The maximum atomic E-state index is 12.8. The minimum atomic E-state index is -0.522. The SMILES string of the molecule is COCn1c(C)c(-c2nc3ccc(C(=O)c4ccccc4)cc3[nH]2)c(C)c1C(N)=O.Cl. The molecule has 0 saturated carbocycles. The monoisotopic (exact) mass is 438 g/mol. The van der Waals surface area contributed by atoms with Crippen molar-refractivity contribution < 1.29 is 14.3 Å². The molecular weight excluding hydrogens is 416 g/mol. The molecular formula is C23H23ClN4O3. The number of benzene rings is 2. The largest absolute Gasteiger partial charge is 0.364 e. The number of nitrogens with zero attached hydrogens (tertiary/aromatic N) is 2. The van der Waals surface area contributed by atoms with Crippen LogP contribution in [0.2, 0.25) is 0 Å². The number of H-pyrrole nitrogens is 1. The van der Waals surface area contributed by atoms with E-state index in [2.05, 4.69) is 9.97 Å². The molecule has 8 heteroatoms. The molecule has 0 spiro atoms. The van der Waals surface area contributed by atoms with Crippen LogP contribution in [0.4, 0.5) is 0 Å². The lowest BCUT2D eigenvalue weighted by Crippen LogP contribution is -2.19. The van der Waals surface area contributed by atoms with Crippen LogP contribution in [-0.4, -0.2) is 33.3 Å². The van der Waals surface area contributed by atoms with Crippen molar-refractivity contribution in [2.24, 2.45) is 5.73 Å². The van der Waals surface area contributed by atoms with Gasteiger partial charge in [0.05, 0.1) is 11.0 Å². The molecule has 0 aliphatic heterocycles. The number of hydrogen-bond donors (Lipinski definition) is 2. The third kappa shape index (κ3) is 3.85. The molecule has 3 N–H and O–H groups in total. The van der Waals surface area contributed by atoms with Gasteiger partial charge in [-0.3, -0.25) is 9.59 Å². The van der Waals surface area contributed by atoms with Gasteiger partial charge in [0, 0.05) is 29.5 Å². The molecule has 2 aromatic carbocycles. The highest BCUT2D eigenvalue weighted by molar-refractivity contribution is 6.10. The van der Waals surface area contributed by atoms with Crippen LogP contribution in [0.5, 0.6) is 0 Å². The maximum Gasteiger partial charge on any atom is 0.265 e. The normalized spacial score (nSPS) is 10.8. The number of hydrogen-bond acceptors (Lipinski definition) is 4. The Bertz CT molecular complexity index is 1280. The van der Waals surface area contributed by atoms with E-state index in [0.717, 1.165) is 27.9 Å². The molecule has 2 aromatic heterocycles. The van der Waals surface area contributed by atoms with Crippen LogP contribution in [0.15, 0.2) is 48.5 Å². The van der Waals surface area contributed by atoms with Gasteiger partial charge in [0.2, 0.25) is 0 Å². The van der Waals surface area contributed by atoms with E-state index in [4.69, 9.17) is 10.5 Å². The average molecular weight is 439 g/mol. The Kier molecular flexibility index (Phi) is 6.29. The second kappa shape index (κ2) is 8.75. The van der Waals surface area contributed by atoms with Crippen LogP contribution < -0.4 is 5.73 Å². The fourth-order valence-corrected chi connectivity index (χ4v) is 3.88. The minimum absolute atomic E-state index is 0. The van der Waals surface area contributed by atoms with Gasteiger partial charge < -0.3 is 20.0 Å². The van der Waals surface area contributed by atoms with E-state index in [0.29, 0.717) is 22.6 Å². The van der Waals surface area contributed by atoms with Gasteiger partial charge >= 0.3 is 0 Å². The topological polar surface area (TPSA) is 103 Å². The molecule has 2 heterocycles. The first-order valence-corrected chi connectivity index (χ1v) is 9.50. The second-order valence-electron chi connectivity index (χ2n) is 7.16. The van der Waals surface area contributed by atoms with Gasteiger partial charge in [-0.2, -0.15) is 0 Å². The van der Waals surface area contributed by atoms with Gasteiger partial charge in [-0.25, -0.2) is 4.98 Å². The number of primary amides is 1. The van der Waals surface area contributed by atoms with Crippen LogP contribution >= 0.6 is 12.4 Å². The predicted molar refractivity (Wildman–Crippen MR) is 122 cm³/mol. The van der Waals surface area contributed by atoms with E-state index < -0.39 is 5.91 Å². The van der Waals surface area contributed by atoms with Crippen LogP contribution in [0.1, 0.15) is 37.7 Å². The molecule has 0 aliphatic carbocycles. The predicted octanol–water partition coefficient (Wildman–Crippen LogP) is 4.00. The second-order valence-corrected chi connectivity index (χ2v) is 7.16. The third-order valence-corrected chi connectivity index (χ3v) is 5.28. The maximum absolute atomic E-state index is 12.8. The molecule has 0 saturated heterocycles. The summed E-state index contributed by atoms with van der Waals surface area (Å²) >= 11 is 0. The van der Waals surface area contributed by atoms with Crippen LogP contribution in [0.3, 0.4) is 0 Å². The Morgan fingerprint density at radius 3 is 2.45 bits per heavy atom. The number of nitrogens with one attached hydrogen (secondary N) is 1. The fraction of sp³-hybridized carbons (Fsp3) is 0.174. The summed E-state index contributed by atoms with van der Waals surface area (Å²) in [5.74, 6) is 0.0377. The summed E-state index contributed by atoms with van der Waals surface area (Å²) in [5, 5.41) is 0. The zero-order chi connectivity index (χ0) is 21.4. The molecule has 4 aromatic rings. The van der Waals surface area contributed by atoms with Crippen LogP contribution in [0.25, 0.3) is 22.4 Å². The number of carbonyl (C=O) groups excluding carboxylic acids is 2. The first-order valence-electron chi connectivity index (χ1n) is 9.50. The summed E-state index contributed by atoms with van der Waals surface area (Å²) in [6.07, 6.45) is 0. The smallest absolute Gasteiger partial charge is 0.265 e. The molecule has 4 rings (SSSR count). The first-order chi connectivity index (χ1) is 14.4. The van der Waals surface area contributed by atoms with E-state index in [1.807, 2.05) is 38.1 Å². The highest BCUT2D eigenvalue weighted by Gasteiger charge is 2.24. The molecule has 1 amide bonds. The van der Waals surface area contributed by atoms with E-state index in [1.165, 1.54) is 0 Å². The van der Waals surface area contributed by atoms with Gasteiger partial charge in [0.15, 0.2) is 5.78 Å². The van der Waals surface area contributed by atoms with Crippen LogP contribution in [-0.2, 0) is 11.5 Å². The Balaban J connectivity index is 0.00000272. The van der Waals surface area contributed by atoms with E-state index in [-0.39, 0.29) is 24.9 Å². The third-order valence-electron chi connectivity index (χ3n) is 5.28. The molecule has 7 nitrogen and oxygen atoms in total. The molecule has 0 atom stereocenters. The van der Waals surface area contributed by atoms with Crippen molar-refractivity contribution in [3.63, 3.8) is 0 Å². The summed E-state index contributed by atoms with van der Waals surface area (Å²) in [6.45, 7) is 3.94. The quantitative estimate of drug-likeness (QED) is 0.444. The number of nitrogens with two attached hydrogens (primary N) is 1. The van der Waals surface area contributed by atoms with Gasteiger partial charge in [-0.15, -0.1) is 12.4 Å². The number of aromatic amines is 1. The Morgan fingerprint density at radius 2 is 1.81 bits per heavy atom. The zero-order valence-corrected chi connectivity index (χ0v) is 18.2. The summed E-state index contributed by atoms with van der Waals surface area (Å²) in [4.78, 5) is 32.8. The standard InChI is InChI=1S/C23H22N4O3.ClH/c1-13-19(14(2)27(12-30-3)20(13)22(24)29)23-25-17-10-9-16(11-18(17)26-23)21(28)15-7-5-4-6-8-15;/h4-11H,12H2,1-3H3,(H2,24,29)(H,25,26);1H. The summed E-state index contributed by atoms with van der Waals surface area (Å²) < 4.78 is 6.97. The number of ketones is 1. The van der Waals surface area contributed by atoms with Gasteiger partial charge in [0.25, 0.3) is 5.91 Å². The van der Waals surface area contributed by atoms with Crippen molar-refractivity contribution >= 4 is 35.1 Å². The minimum Gasteiger partial charge on any atom is -0.364 e. The molecule has 0 radical (unpaired) electrons. The molecule has 0 bridgehead atoms. The van der Waals surface area contributed by atoms with E-state index >= 15 is 0 Å². The van der Waals surface area contributed by atoms with Crippen molar-refractivity contribution in [2.45, 2.75) is 20.6 Å². The van der Waals surface area contributed by atoms with Crippen LogP contribution in [0, 0.1) is 13.8 Å². The Labute approximate surface area is 185 Å². The first kappa shape index (κ1) is 22.3. The fourth-order valence-electron chi connectivity index (χ4n) is 3.88. The van der Waals surface area contributed by atoms with E-state index in [9.17, 15) is 9.59 Å². The Morgan fingerprint density at radius 1 is 1.10 bits per heavy atom. The summed E-state index contributed by atoms with van der Waals surface area (Å²) in [7, 11) is 1.56. The summed E-state index contributed by atoms with van der Waals surface area (Å²) in [6, 6.07) is 14.5. The number of aromatic nitrogens is 3. The molecule has 31 heavy (non-hydrogen) atoms. The van der Waals surface area contributed by atoms with Crippen molar-refractivity contribution in [1.29, 1.82) is 0 Å². The van der Waals surface area contributed by atoms with Gasteiger partial charge in [0.1, 0.15) is 18.2 Å². The number of amides is 1. The lowest BCUT2D eigenvalue weighted by molar-refractivity contribution is 0.0953. The van der Waals surface area contributed by atoms with Crippen molar-refractivity contribution in [3.05, 3.63) is 76.6 Å². The number of carbonyl (C=O) groups is 2. The highest BCUT2D eigenvalue weighted by Crippen LogP contribution is 2.32. The zero-order valence-electron chi connectivity index (χ0n) is 17.4. The van der Waals surface area contributed by atoms with E-state index in [1.54, 1.807) is 35.9 Å². The number of halogens is 1. The molecule has 0 aliphatic rings. The molecule has 160 valence electrons. The average Bonchev–Trinajstić information content (AvgIpc) is 3.25. The number of fused-ring (bicyclic) bond motifs is 1. The number of imidazole rings is 1. The van der Waals surface area contributed by atoms with Crippen molar-refractivity contribution in [1.82, 2.24) is 14.5 Å². The lowest BCUT2D eigenvalue weighted by Gasteiger charge is -2.08. The Hall–Kier alpha value is -3.42. The molecule has 0 fully saturated rings. The molecule has 0 unspecified atom stereocenters. The lowest BCUT2D eigenvalue weighted by atomic mass is 10.0. The van der Waals surface area contributed by atoms with Gasteiger partial charge in [-0.1, -0.05) is 30.3 Å². The van der Waals surface area contributed by atoms with Crippen molar-refractivity contribution in [2.75, 3.05) is 7.11 Å². The number of methoxy groups -OCH3 is 1. The van der Waals surface area contributed by atoms with Gasteiger partial charge in [-0.05, 0) is 37.6 Å². The number of rotatable bonds is 6.